The lowest BCUT2D eigenvalue weighted by Crippen LogP contribution is -2.13. The van der Waals surface area contributed by atoms with Gasteiger partial charge in [-0.15, -0.1) is 11.3 Å². The lowest BCUT2D eigenvalue weighted by molar-refractivity contribution is -0.116. The van der Waals surface area contributed by atoms with Crippen molar-refractivity contribution >= 4 is 39.8 Å². The predicted molar refractivity (Wildman–Crippen MR) is 103 cm³/mol. The van der Waals surface area contributed by atoms with Crippen molar-refractivity contribution in [2.24, 2.45) is 0 Å². The van der Waals surface area contributed by atoms with E-state index in [0.29, 0.717) is 22.0 Å². The van der Waals surface area contributed by atoms with Crippen LogP contribution in [-0.4, -0.2) is 19.0 Å². The average Bonchev–Trinajstić information content (AvgIpc) is 3.02. The van der Waals surface area contributed by atoms with E-state index in [9.17, 15) is 9.59 Å². The molecule has 0 atom stereocenters. The summed E-state index contributed by atoms with van der Waals surface area (Å²) in [6.45, 7) is 2.13. The normalized spacial score (nSPS) is 10.5. The number of unbranched alkanes of at least 4 members (excludes halogenated alkanes) is 3. The van der Waals surface area contributed by atoms with Crippen molar-refractivity contribution in [2.75, 3.05) is 12.4 Å². The van der Waals surface area contributed by atoms with Gasteiger partial charge >= 0.3 is 5.97 Å². The van der Waals surface area contributed by atoms with Crippen molar-refractivity contribution in [3.63, 3.8) is 0 Å². The van der Waals surface area contributed by atoms with E-state index in [1.165, 1.54) is 18.4 Å². The molecular weight excluding hydrogens is 358 g/mol. The zero-order chi connectivity index (χ0) is 18.2. The van der Waals surface area contributed by atoms with Gasteiger partial charge in [-0.25, -0.2) is 4.79 Å². The van der Waals surface area contributed by atoms with Crippen molar-refractivity contribution in [3.05, 3.63) is 40.2 Å². The number of amides is 1. The van der Waals surface area contributed by atoms with Crippen molar-refractivity contribution < 1.29 is 14.3 Å². The molecule has 1 heterocycles. The molecule has 0 saturated heterocycles. The second-order valence-electron chi connectivity index (χ2n) is 5.71. The molecule has 0 bridgehead atoms. The van der Waals surface area contributed by atoms with Crippen LogP contribution in [0.1, 0.15) is 49.4 Å². The molecule has 25 heavy (non-hydrogen) atoms. The summed E-state index contributed by atoms with van der Waals surface area (Å²) in [5, 5.41) is 5.86. The average molecular weight is 380 g/mol. The summed E-state index contributed by atoms with van der Waals surface area (Å²) >= 11 is 7.25. The van der Waals surface area contributed by atoms with Crippen LogP contribution in [0.4, 0.5) is 5.00 Å². The fraction of sp³-hybridized carbons (Fsp3) is 0.368. The van der Waals surface area contributed by atoms with Crippen LogP contribution in [0.2, 0.25) is 5.02 Å². The molecule has 2 aromatic rings. The van der Waals surface area contributed by atoms with E-state index in [0.717, 1.165) is 36.8 Å². The fourth-order valence-electron chi connectivity index (χ4n) is 2.50. The Hall–Kier alpha value is -1.85. The van der Waals surface area contributed by atoms with E-state index in [4.69, 9.17) is 16.3 Å². The molecule has 0 saturated carbocycles. The molecule has 1 N–H and O–H groups in total. The minimum Gasteiger partial charge on any atom is -0.465 e. The second kappa shape index (κ2) is 9.59. The molecule has 6 heteroatoms. The van der Waals surface area contributed by atoms with Crippen LogP contribution in [0.25, 0.3) is 11.1 Å². The number of ether oxygens (including phenoxy) is 1. The van der Waals surface area contributed by atoms with E-state index >= 15 is 0 Å². The Kier molecular flexibility index (Phi) is 7.47. The highest BCUT2D eigenvalue weighted by molar-refractivity contribution is 7.15. The second-order valence-corrected chi connectivity index (χ2v) is 7.03. The third-order valence-corrected chi connectivity index (χ3v) is 4.99. The first-order chi connectivity index (χ1) is 12.1. The van der Waals surface area contributed by atoms with Gasteiger partial charge in [-0.1, -0.05) is 49.9 Å². The van der Waals surface area contributed by atoms with Gasteiger partial charge in [0.05, 0.1) is 7.11 Å². The molecule has 0 unspecified atom stereocenters. The zero-order valence-electron chi connectivity index (χ0n) is 14.4. The number of halogens is 1. The van der Waals surface area contributed by atoms with E-state index < -0.39 is 5.97 Å². The van der Waals surface area contributed by atoms with Crippen LogP contribution in [0.3, 0.4) is 0 Å². The van der Waals surface area contributed by atoms with Gasteiger partial charge < -0.3 is 10.1 Å². The summed E-state index contributed by atoms with van der Waals surface area (Å²) < 4.78 is 4.91. The number of esters is 1. The van der Waals surface area contributed by atoms with E-state index in [1.807, 2.05) is 17.5 Å². The summed E-state index contributed by atoms with van der Waals surface area (Å²) in [5.74, 6) is -0.543. The number of rotatable bonds is 8. The predicted octanol–water partition coefficient (Wildman–Crippen LogP) is 5.76. The zero-order valence-corrected chi connectivity index (χ0v) is 16.0. The smallest absolute Gasteiger partial charge is 0.341 e. The number of hydrogen-bond acceptors (Lipinski definition) is 4. The Morgan fingerprint density at radius 3 is 2.52 bits per heavy atom. The van der Waals surface area contributed by atoms with Crippen LogP contribution in [0.15, 0.2) is 29.6 Å². The molecule has 4 nitrogen and oxygen atoms in total. The SMILES string of the molecule is CCCCCCC(=O)Nc1scc(-c2ccc(Cl)cc2)c1C(=O)OC. The van der Waals surface area contributed by atoms with Crippen molar-refractivity contribution in [3.8, 4) is 11.1 Å². The monoisotopic (exact) mass is 379 g/mol. The molecule has 0 spiro atoms. The van der Waals surface area contributed by atoms with Crippen LogP contribution < -0.4 is 5.32 Å². The molecular formula is C19H22ClNO3S. The molecule has 1 amide bonds. The van der Waals surface area contributed by atoms with Gasteiger partial charge in [-0.2, -0.15) is 0 Å². The molecule has 0 fully saturated rings. The number of thiophene rings is 1. The molecule has 0 aliphatic carbocycles. The van der Waals surface area contributed by atoms with Gasteiger partial charge in [0, 0.05) is 22.4 Å². The Balaban J connectivity index is 2.19. The number of carbonyl (C=O) groups excluding carboxylic acids is 2. The highest BCUT2D eigenvalue weighted by Crippen LogP contribution is 2.36. The maximum Gasteiger partial charge on any atom is 0.341 e. The first-order valence-electron chi connectivity index (χ1n) is 8.32. The number of carbonyl (C=O) groups is 2. The maximum atomic E-state index is 12.2. The van der Waals surface area contributed by atoms with Crippen LogP contribution in [0, 0.1) is 0 Å². The van der Waals surface area contributed by atoms with Gasteiger partial charge in [0.2, 0.25) is 5.91 Å². The fourth-order valence-corrected chi connectivity index (χ4v) is 3.60. The Morgan fingerprint density at radius 1 is 1.16 bits per heavy atom. The van der Waals surface area contributed by atoms with E-state index in [-0.39, 0.29) is 5.91 Å². The first kappa shape index (κ1) is 19.5. The molecule has 2 rings (SSSR count). The molecule has 0 radical (unpaired) electrons. The first-order valence-corrected chi connectivity index (χ1v) is 9.58. The minimum atomic E-state index is -0.465. The number of anilines is 1. The topological polar surface area (TPSA) is 55.4 Å². The Labute approximate surface area is 157 Å². The summed E-state index contributed by atoms with van der Waals surface area (Å²) in [6.07, 6.45) is 4.59. The summed E-state index contributed by atoms with van der Waals surface area (Å²) in [6, 6.07) is 7.21. The number of benzene rings is 1. The van der Waals surface area contributed by atoms with E-state index in [1.54, 1.807) is 12.1 Å². The molecule has 134 valence electrons. The highest BCUT2D eigenvalue weighted by atomic mass is 35.5. The lowest BCUT2D eigenvalue weighted by Gasteiger charge is -2.08. The number of hydrogen-bond donors (Lipinski definition) is 1. The summed E-state index contributed by atoms with van der Waals surface area (Å²) in [5.41, 5.74) is 1.97. The lowest BCUT2D eigenvalue weighted by atomic mass is 10.0. The number of methoxy groups -OCH3 is 1. The van der Waals surface area contributed by atoms with Gasteiger partial charge in [-0.05, 0) is 24.1 Å². The van der Waals surface area contributed by atoms with Gasteiger partial charge in [0.15, 0.2) is 0 Å². The van der Waals surface area contributed by atoms with Gasteiger partial charge in [0.25, 0.3) is 0 Å². The van der Waals surface area contributed by atoms with Crippen LogP contribution >= 0.6 is 22.9 Å². The van der Waals surface area contributed by atoms with Crippen molar-refractivity contribution in [2.45, 2.75) is 39.0 Å². The quantitative estimate of drug-likeness (QED) is 0.468. The standard InChI is InChI=1S/C19H22ClNO3S/c1-3-4-5-6-7-16(22)21-18-17(19(23)24-2)15(12-25-18)13-8-10-14(20)11-9-13/h8-12H,3-7H2,1-2H3,(H,21,22). The molecule has 0 aliphatic rings. The molecule has 1 aromatic carbocycles. The van der Waals surface area contributed by atoms with Crippen molar-refractivity contribution in [1.29, 1.82) is 0 Å². The Bertz CT molecular complexity index is 725. The third-order valence-electron chi connectivity index (χ3n) is 3.85. The summed E-state index contributed by atoms with van der Waals surface area (Å²) in [7, 11) is 1.34. The number of nitrogens with one attached hydrogen (secondary N) is 1. The molecule has 0 aliphatic heterocycles. The maximum absolute atomic E-state index is 12.2. The summed E-state index contributed by atoms with van der Waals surface area (Å²) in [4.78, 5) is 24.4. The third kappa shape index (κ3) is 5.31. The largest absolute Gasteiger partial charge is 0.465 e. The van der Waals surface area contributed by atoms with E-state index in [2.05, 4.69) is 12.2 Å². The van der Waals surface area contributed by atoms with Crippen LogP contribution in [0.5, 0.6) is 0 Å². The van der Waals surface area contributed by atoms with Crippen molar-refractivity contribution in [1.82, 2.24) is 0 Å². The van der Waals surface area contributed by atoms with Crippen LogP contribution in [-0.2, 0) is 9.53 Å². The van der Waals surface area contributed by atoms with Gasteiger partial charge in [0.1, 0.15) is 10.6 Å². The highest BCUT2D eigenvalue weighted by Gasteiger charge is 2.22. The minimum absolute atomic E-state index is 0.0780. The Morgan fingerprint density at radius 2 is 1.88 bits per heavy atom. The van der Waals surface area contributed by atoms with Gasteiger partial charge in [-0.3, -0.25) is 4.79 Å². The molecule has 1 aromatic heterocycles.